The lowest BCUT2D eigenvalue weighted by molar-refractivity contribution is 0.478. The summed E-state index contributed by atoms with van der Waals surface area (Å²) in [5, 5.41) is 0. The summed E-state index contributed by atoms with van der Waals surface area (Å²) in [6.45, 7) is 9.15. The highest BCUT2D eigenvalue weighted by Gasteiger charge is 2.07. The van der Waals surface area contributed by atoms with E-state index >= 15 is 0 Å². The van der Waals surface area contributed by atoms with Gasteiger partial charge in [0, 0.05) is 6.54 Å². The molecule has 0 aliphatic rings. The first-order valence-electron chi connectivity index (χ1n) is 7.09. The molecule has 2 heteroatoms. The van der Waals surface area contributed by atoms with Crippen molar-refractivity contribution in [2.24, 2.45) is 5.73 Å². The lowest BCUT2D eigenvalue weighted by Gasteiger charge is -2.14. The fraction of sp³-hybridized carbons (Fsp3) is 0.333. The average Bonchev–Trinajstić information content (AvgIpc) is 2.40. The molecule has 20 heavy (non-hydrogen) atoms. The van der Waals surface area contributed by atoms with Crippen LogP contribution in [-0.2, 0) is 6.54 Å². The zero-order chi connectivity index (χ0) is 14.7. The summed E-state index contributed by atoms with van der Waals surface area (Å²) in [6.07, 6.45) is 0. The third-order valence-electron chi connectivity index (χ3n) is 3.57. The van der Waals surface area contributed by atoms with Crippen molar-refractivity contribution in [1.29, 1.82) is 0 Å². The Morgan fingerprint density at radius 3 is 2.30 bits per heavy atom. The molecule has 2 rings (SSSR count). The molecule has 0 atom stereocenters. The van der Waals surface area contributed by atoms with Gasteiger partial charge in [-0.1, -0.05) is 32.0 Å². The van der Waals surface area contributed by atoms with Crippen molar-refractivity contribution in [2.75, 3.05) is 0 Å². The van der Waals surface area contributed by atoms with Gasteiger partial charge in [0.05, 0.1) is 0 Å². The number of aryl methyl sites for hydroxylation is 2. The highest BCUT2D eigenvalue weighted by Crippen LogP contribution is 2.29. The maximum absolute atomic E-state index is 5.98. The molecule has 2 aromatic rings. The van der Waals surface area contributed by atoms with Crippen LogP contribution in [0.25, 0.3) is 0 Å². The van der Waals surface area contributed by atoms with Gasteiger partial charge in [0.25, 0.3) is 0 Å². The Hall–Kier alpha value is -1.80. The molecule has 2 N–H and O–H groups in total. The monoisotopic (exact) mass is 269 g/mol. The molecule has 0 aromatic heterocycles. The van der Waals surface area contributed by atoms with Crippen LogP contribution < -0.4 is 10.5 Å². The van der Waals surface area contributed by atoms with Gasteiger partial charge in [0.2, 0.25) is 0 Å². The zero-order valence-corrected chi connectivity index (χ0v) is 12.7. The third-order valence-corrected chi connectivity index (χ3v) is 3.57. The van der Waals surface area contributed by atoms with Crippen LogP contribution in [0.1, 0.15) is 42.0 Å². The number of benzene rings is 2. The maximum atomic E-state index is 5.98. The predicted molar refractivity (Wildman–Crippen MR) is 84.4 cm³/mol. The quantitative estimate of drug-likeness (QED) is 0.874. The molecule has 0 aliphatic carbocycles. The van der Waals surface area contributed by atoms with Crippen molar-refractivity contribution in [3.63, 3.8) is 0 Å². The zero-order valence-electron chi connectivity index (χ0n) is 12.7. The van der Waals surface area contributed by atoms with E-state index in [9.17, 15) is 0 Å². The fourth-order valence-corrected chi connectivity index (χ4v) is 2.44. The van der Waals surface area contributed by atoms with Crippen LogP contribution >= 0.6 is 0 Å². The van der Waals surface area contributed by atoms with Crippen LogP contribution in [-0.4, -0.2) is 0 Å². The minimum absolute atomic E-state index is 0.537. The Kier molecular flexibility index (Phi) is 4.46. The SMILES string of the molecule is Cc1cc(CN)ccc1Oc1ccc(C(C)C)c(C)c1. The van der Waals surface area contributed by atoms with Crippen molar-refractivity contribution in [1.82, 2.24) is 0 Å². The van der Waals surface area contributed by atoms with E-state index in [0.717, 1.165) is 22.6 Å². The Morgan fingerprint density at radius 2 is 1.75 bits per heavy atom. The van der Waals surface area contributed by atoms with Gasteiger partial charge in [-0.3, -0.25) is 0 Å². The number of nitrogens with two attached hydrogens (primary N) is 1. The van der Waals surface area contributed by atoms with Crippen LogP contribution in [0, 0.1) is 13.8 Å². The van der Waals surface area contributed by atoms with Crippen molar-refractivity contribution >= 4 is 0 Å². The molecule has 2 nitrogen and oxygen atoms in total. The average molecular weight is 269 g/mol. The molecule has 106 valence electrons. The highest BCUT2D eigenvalue weighted by molar-refractivity contribution is 5.42. The summed E-state index contributed by atoms with van der Waals surface area (Å²) in [5.74, 6) is 2.31. The van der Waals surface area contributed by atoms with Gasteiger partial charge in [0.15, 0.2) is 0 Å². The van der Waals surface area contributed by atoms with Crippen LogP contribution in [0.15, 0.2) is 36.4 Å². The lowest BCUT2D eigenvalue weighted by atomic mass is 9.98. The molecule has 0 amide bonds. The fourth-order valence-electron chi connectivity index (χ4n) is 2.44. The number of hydrogen-bond donors (Lipinski definition) is 1. The van der Waals surface area contributed by atoms with E-state index in [-0.39, 0.29) is 0 Å². The summed E-state index contributed by atoms with van der Waals surface area (Å²) in [6, 6.07) is 12.4. The summed E-state index contributed by atoms with van der Waals surface area (Å²) in [5.41, 5.74) is 10.5. The Balaban J connectivity index is 2.24. The van der Waals surface area contributed by atoms with Crippen LogP contribution in [0.2, 0.25) is 0 Å². The smallest absolute Gasteiger partial charge is 0.130 e. The van der Waals surface area contributed by atoms with Crippen LogP contribution in [0.4, 0.5) is 0 Å². The molecule has 0 aliphatic heterocycles. The maximum Gasteiger partial charge on any atom is 0.130 e. The van der Waals surface area contributed by atoms with Crippen molar-refractivity contribution < 1.29 is 4.74 Å². The van der Waals surface area contributed by atoms with E-state index in [0.29, 0.717) is 12.5 Å². The first-order chi connectivity index (χ1) is 9.51. The second-order valence-electron chi connectivity index (χ2n) is 5.58. The summed E-state index contributed by atoms with van der Waals surface area (Å²) >= 11 is 0. The van der Waals surface area contributed by atoms with Gasteiger partial charge in [0.1, 0.15) is 11.5 Å². The molecule has 0 unspecified atom stereocenters. The third kappa shape index (κ3) is 3.20. The summed E-state index contributed by atoms with van der Waals surface area (Å²) in [4.78, 5) is 0. The largest absolute Gasteiger partial charge is 0.457 e. The normalized spacial score (nSPS) is 10.9. The Labute approximate surface area is 121 Å². The van der Waals surface area contributed by atoms with Gasteiger partial charge >= 0.3 is 0 Å². The van der Waals surface area contributed by atoms with E-state index in [1.165, 1.54) is 11.1 Å². The summed E-state index contributed by atoms with van der Waals surface area (Å²) < 4.78 is 5.98. The van der Waals surface area contributed by atoms with Crippen LogP contribution in [0.3, 0.4) is 0 Å². The molecule has 0 bridgehead atoms. The molecule has 0 heterocycles. The Bertz CT molecular complexity index is 602. The van der Waals surface area contributed by atoms with Crippen molar-refractivity contribution in [2.45, 2.75) is 40.2 Å². The standard InChI is InChI=1S/C18H23NO/c1-12(2)17-7-6-16(10-13(17)3)20-18-8-5-15(11-19)9-14(18)4/h5-10,12H,11,19H2,1-4H3. The second kappa shape index (κ2) is 6.10. The van der Waals surface area contributed by atoms with Crippen molar-refractivity contribution in [3.8, 4) is 11.5 Å². The van der Waals surface area contributed by atoms with Crippen molar-refractivity contribution in [3.05, 3.63) is 58.7 Å². The van der Waals surface area contributed by atoms with Gasteiger partial charge in [-0.05, 0) is 60.2 Å². The van der Waals surface area contributed by atoms with E-state index in [1.807, 2.05) is 25.1 Å². The first kappa shape index (κ1) is 14.6. The lowest BCUT2D eigenvalue weighted by Crippen LogP contribution is -1.97. The van der Waals surface area contributed by atoms with E-state index < -0.39 is 0 Å². The molecular weight excluding hydrogens is 246 g/mol. The molecule has 0 fully saturated rings. The van der Waals surface area contributed by atoms with Gasteiger partial charge in [-0.25, -0.2) is 0 Å². The van der Waals surface area contributed by atoms with Gasteiger partial charge in [-0.15, -0.1) is 0 Å². The molecule has 0 radical (unpaired) electrons. The highest BCUT2D eigenvalue weighted by atomic mass is 16.5. The second-order valence-corrected chi connectivity index (χ2v) is 5.58. The number of rotatable bonds is 4. The van der Waals surface area contributed by atoms with Gasteiger partial charge < -0.3 is 10.5 Å². The van der Waals surface area contributed by atoms with E-state index in [2.05, 4.69) is 39.0 Å². The first-order valence-corrected chi connectivity index (χ1v) is 7.09. The molecule has 2 aromatic carbocycles. The molecular formula is C18H23NO. The molecule has 0 saturated carbocycles. The van der Waals surface area contributed by atoms with Crippen LogP contribution in [0.5, 0.6) is 11.5 Å². The van der Waals surface area contributed by atoms with E-state index in [4.69, 9.17) is 10.5 Å². The number of hydrogen-bond acceptors (Lipinski definition) is 2. The molecule has 0 saturated heterocycles. The predicted octanol–water partition coefficient (Wildman–Crippen LogP) is 4.68. The topological polar surface area (TPSA) is 35.2 Å². The van der Waals surface area contributed by atoms with Gasteiger partial charge in [-0.2, -0.15) is 0 Å². The Morgan fingerprint density at radius 1 is 1.00 bits per heavy atom. The molecule has 0 spiro atoms. The van der Waals surface area contributed by atoms with E-state index in [1.54, 1.807) is 0 Å². The minimum Gasteiger partial charge on any atom is -0.457 e. The minimum atomic E-state index is 0.537. The number of ether oxygens (including phenoxy) is 1. The summed E-state index contributed by atoms with van der Waals surface area (Å²) in [7, 11) is 0.